The van der Waals surface area contributed by atoms with Gasteiger partial charge < -0.3 is 19.1 Å². The molecule has 0 radical (unpaired) electrons. The molecule has 0 unspecified atom stereocenters. The van der Waals surface area contributed by atoms with Gasteiger partial charge in [-0.15, -0.1) is 0 Å². The van der Waals surface area contributed by atoms with Crippen LogP contribution in [0.15, 0.2) is 65.6 Å². The number of rotatable bonds is 8. The number of halogens is 1. The van der Waals surface area contributed by atoms with Gasteiger partial charge in [0.2, 0.25) is 11.9 Å². The average Bonchev–Trinajstić information content (AvgIpc) is 3.39. The fraction of sp³-hybridized carbons (Fsp3) is 0.438. The number of ether oxygens (including phenoxy) is 1. The quantitative estimate of drug-likeness (QED) is 0.276. The summed E-state index contributed by atoms with van der Waals surface area (Å²) in [4.78, 5) is 39.3. The molecule has 0 amide bonds. The molecule has 6 rings (SSSR count). The van der Waals surface area contributed by atoms with Crippen LogP contribution in [0.1, 0.15) is 50.5 Å². The van der Waals surface area contributed by atoms with Crippen LogP contribution in [0.4, 0.5) is 16.3 Å². The van der Waals surface area contributed by atoms with E-state index in [1.54, 1.807) is 0 Å². The number of carbonyl (C=O) groups excluding carboxylic acids is 1. The molecule has 2 aliphatic rings. The number of hydrogen-bond donors (Lipinski definition) is 0. The maximum atomic E-state index is 13.5. The number of imidazole rings is 1. The molecule has 2 aromatic heterocycles. The molecular formula is C32H37FN6O3. The predicted molar refractivity (Wildman–Crippen MR) is 160 cm³/mol. The monoisotopic (exact) mass is 572 g/mol. The molecule has 1 aliphatic heterocycles. The van der Waals surface area contributed by atoms with Crippen molar-refractivity contribution in [2.75, 3.05) is 29.9 Å². The zero-order valence-electron chi connectivity index (χ0n) is 24.0. The van der Waals surface area contributed by atoms with E-state index < -0.39 is 0 Å². The summed E-state index contributed by atoms with van der Waals surface area (Å²) in [7, 11) is 1.95. The summed E-state index contributed by atoms with van der Waals surface area (Å²) in [6.45, 7) is 2.01. The van der Waals surface area contributed by atoms with Crippen LogP contribution >= 0.6 is 0 Å². The van der Waals surface area contributed by atoms with Gasteiger partial charge >= 0.3 is 5.97 Å². The fourth-order valence-corrected chi connectivity index (χ4v) is 6.26. The highest BCUT2D eigenvalue weighted by Gasteiger charge is 2.28. The molecule has 220 valence electrons. The van der Waals surface area contributed by atoms with Crippen LogP contribution in [-0.4, -0.2) is 51.3 Å². The van der Waals surface area contributed by atoms with Gasteiger partial charge in [0.15, 0.2) is 6.73 Å². The maximum Gasteiger partial charge on any atom is 0.310 e. The van der Waals surface area contributed by atoms with Crippen molar-refractivity contribution >= 4 is 28.9 Å². The van der Waals surface area contributed by atoms with Crippen LogP contribution in [0.25, 0.3) is 11.0 Å². The highest BCUT2D eigenvalue weighted by molar-refractivity contribution is 5.79. The topological polar surface area (TPSA) is 85.5 Å². The highest BCUT2D eigenvalue weighted by Crippen LogP contribution is 2.29. The summed E-state index contributed by atoms with van der Waals surface area (Å²) >= 11 is 0. The zero-order valence-corrected chi connectivity index (χ0v) is 24.0. The third-order valence-electron chi connectivity index (χ3n) is 8.69. The Morgan fingerprint density at radius 3 is 2.48 bits per heavy atom. The third-order valence-corrected chi connectivity index (χ3v) is 8.69. The summed E-state index contributed by atoms with van der Waals surface area (Å²) in [5, 5.41) is 0. The van der Waals surface area contributed by atoms with E-state index in [-0.39, 0.29) is 36.0 Å². The third kappa shape index (κ3) is 5.89. The number of hydrogen-bond acceptors (Lipinski definition) is 7. The van der Waals surface area contributed by atoms with E-state index in [0.717, 1.165) is 80.6 Å². The lowest BCUT2D eigenvalue weighted by molar-refractivity contribution is -0.153. The average molecular weight is 573 g/mol. The van der Waals surface area contributed by atoms with Crippen LogP contribution in [0.5, 0.6) is 0 Å². The smallest absolute Gasteiger partial charge is 0.310 e. The van der Waals surface area contributed by atoms with Crippen molar-refractivity contribution in [3.8, 4) is 0 Å². The van der Waals surface area contributed by atoms with Gasteiger partial charge in [-0.25, -0.2) is 18.9 Å². The molecule has 10 heteroatoms. The number of carbonyl (C=O) groups is 1. The molecule has 2 aromatic carbocycles. The highest BCUT2D eigenvalue weighted by atomic mass is 19.1. The van der Waals surface area contributed by atoms with Gasteiger partial charge in [0.05, 0.1) is 23.5 Å². The first-order chi connectivity index (χ1) is 20.5. The van der Waals surface area contributed by atoms with E-state index in [4.69, 9.17) is 9.72 Å². The van der Waals surface area contributed by atoms with Crippen molar-refractivity contribution in [1.29, 1.82) is 0 Å². The molecule has 2 fully saturated rings. The molecule has 9 nitrogen and oxygen atoms in total. The Labute approximate surface area is 244 Å². The number of esters is 1. The van der Waals surface area contributed by atoms with Crippen LogP contribution in [0.2, 0.25) is 0 Å². The standard InChI is InChI=1S/C32H37FN6O3/c1-36(31-34-18-15-29(40)39(31)22-42-30(41)24-7-3-2-4-8-24)26-16-19-37(20-17-26)32-35-27-9-5-6-10-28(27)38(32)21-23-11-13-25(33)14-12-23/h5-6,9-15,18,24,26H,2-4,7-8,16-17,19-22H2,1H3. The minimum Gasteiger partial charge on any atom is -0.443 e. The van der Waals surface area contributed by atoms with Gasteiger partial charge in [0, 0.05) is 38.4 Å². The maximum absolute atomic E-state index is 13.5. The first-order valence-corrected chi connectivity index (χ1v) is 14.9. The molecule has 1 saturated heterocycles. The van der Waals surface area contributed by atoms with Gasteiger partial charge in [0.25, 0.3) is 5.56 Å². The predicted octanol–water partition coefficient (Wildman–Crippen LogP) is 4.97. The van der Waals surface area contributed by atoms with Crippen molar-refractivity contribution in [3.05, 3.63) is 82.5 Å². The second-order valence-electron chi connectivity index (χ2n) is 11.4. The van der Waals surface area contributed by atoms with E-state index in [1.807, 2.05) is 42.3 Å². The molecule has 42 heavy (non-hydrogen) atoms. The molecular weight excluding hydrogens is 535 g/mol. The molecule has 4 aromatic rings. The van der Waals surface area contributed by atoms with Crippen LogP contribution in [0, 0.1) is 11.7 Å². The van der Waals surface area contributed by atoms with E-state index in [1.165, 1.54) is 29.0 Å². The Balaban J connectivity index is 1.16. The van der Waals surface area contributed by atoms with E-state index in [2.05, 4.69) is 20.5 Å². The number of aromatic nitrogens is 4. The molecule has 1 aliphatic carbocycles. The largest absolute Gasteiger partial charge is 0.443 e. The number of para-hydroxylation sites is 2. The first kappa shape index (κ1) is 27.9. The second kappa shape index (κ2) is 12.3. The molecule has 3 heterocycles. The van der Waals surface area contributed by atoms with Crippen LogP contribution < -0.4 is 15.4 Å². The summed E-state index contributed by atoms with van der Waals surface area (Å²) in [5.41, 5.74) is 2.73. The number of fused-ring (bicyclic) bond motifs is 1. The fourth-order valence-electron chi connectivity index (χ4n) is 6.26. The minimum absolute atomic E-state index is 0.0797. The summed E-state index contributed by atoms with van der Waals surface area (Å²) in [6, 6.07) is 16.2. The van der Waals surface area contributed by atoms with Gasteiger partial charge in [-0.3, -0.25) is 9.59 Å². The van der Waals surface area contributed by atoms with Crippen molar-refractivity contribution < 1.29 is 13.9 Å². The lowest BCUT2D eigenvalue weighted by Crippen LogP contribution is -2.46. The Kier molecular flexibility index (Phi) is 8.21. The molecule has 0 spiro atoms. The van der Waals surface area contributed by atoms with Gasteiger partial charge in [0.1, 0.15) is 5.82 Å². The first-order valence-electron chi connectivity index (χ1n) is 14.9. The molecule has 0 bridgehead atoms. The van der Waals surface area contributed by atoms with Crippen molar-refractivity contribution in [3.63, 3.8) is 0 Å². The van der Waals surface area contributed by atoms with Gasteiger partial charge in [-0.05, 0) is 55.5 Å². The van der Waals surface area contributed by atoms with E-state index in [9.17, 15) is 14.0 Å². The molecule has 1 saturated carbocycles. The number of benzene rings is 2. The SMILES string of the molecule is CN(c1nccc(=O)n1COC(=O)C1CCCCC1)C1CCN(c2nc3ccccc3n2Cc2ccc(F)cc2)CC1. The van der Waals surface area contributed by atoms with E-state index in [0.29, 0.717) is 12.5 Å². The second-order valence-corrected chi connectivity index (χ2v) is 11.4. The Morgan fingerprint density at radius 1 is 0.976 bits per heavy atom. The lowest BCUT2D eigenvalue weighted by atomic mass is 9.89. The minimum atomic E-state index is -0.249. The molecule has 0 atom stereocenters. The Hall–Kier alpha value is -4.21. The van der Waals surface area contributed by atoms with Gasteiger partial charge in [-0.1, -0.05) is 43.5 Å². The number of piperidine rings is 1. The summed E-state index contributed by atoms with van der Waals surface area (Å²) in [5.74, 6) is 0.841. The molecule has 0 N–H and O–H groups in total. The Morgan fingerprint density at radius 2 is 1.71 bits per heavy atom. The van der Waals surface area contributed by atoms with Crippen molar-refractivity contribution in [2.24, 2.45) is 5.92 Å². The summed E-state index contributed by atoms with van der Waals surface area (Å²) in [6.07, 6.45) is 8.13. The van der Waals surface area contributed by atoms with Gasteiger partial charge in [-0.2, -0.15) is 0 Å². The van der Waals surface area contributed by atoms with E-state index >= 15 is 0 Å². The van der Waals surface area contributed by atoms with Crippen LogP contribution in [0.3, 0.4) is 0 Å². The summed E-state index contributed by atoms with van der Waals surface area (Å²) < 4.78 is 22.8. The van der Waals surface area contributed by atoms with Crippen molar-refractivity contribution in [1.82, 2.24) is 19.1 Å². The number of nitrogens with zero attached hydrogens (tertiary/aromatic N) is 6. The zero-order chi connectivity index (χ0) is 29.1. The lowest BCUT2D eigenvalue weighted by Gasteiger charge is -2.38. The van der Waals surface area contributed by atoms with Crippen molar-refractivity contribution in [2.45, 2.75) is 64.3 Å². The number of anilines is 2. The normalized spacial score (nSPS) is 16.6. The Bertz CT molecular complexity index is 1590. The van der Waals surface area contributed by atoms with Crippen LogP contribution in [-0.2, 0) is 22.8 Å².